The normalized spacial score (nSPS) is 22.6. The van der Waals surface area contributed by atoms with Gasteiger partial charge in [0, 0.05) is 25.3 Å². The number of terminal acetylenes is 1. The molecule has 18 heavy (non-hydrogen) atoms. The molecule has 1 aliphatic heterocycles. The van der Waals surface area contributed by atoms with Crippen LogP contribution in [0.5, 0.6) is 0 Å². The number of nitrogens with zero attached hydrogens (tertiary/aromatic N) is 1. The van der Waals surface area contributed by atoms with Gasteiger partial charge in [0.2, 0.25) is 0 Å². The number of carbonyl (C=O) groups excluding carboxylic acids is 1. The summed E-state index contributed by atoms with van der Waals surface area (Å²) in [6.45, 7) is 0.477. The average molecular weight is 272 g/mol. The van der Waals surface area contributed by atoms with Gasteiger partial charge in [0.25, 0.3) is 0 Å². The molecule has 0 aromatic rings. The Morgan fingerprint density at radius 1 is 1.56 bits per heavy atom. The van der Waals surface area contributed by atoms with Crippen molar-refractivity contribution < 1.29 is 19.8 Å². The molecule has 0 bridgehead atoms. The number of nitrogens with one attached hydrogen (secondary N) is 1. The predicted molar refractivity (Wildman–Crippen MR) is 68.3 cm³/mol. The molecule has 0 spiro atoms. The Morgan fingerprint density at radius 3 is 2.89 bits per heavy atom. The van der Waals surface area contributed by atoms with Gasteiger partial charge in [-0.25, -0.2) is 9.59 Å². The van der Waals surface area contributed by atoms with Crippen LogP contribution in [0.1, 0.15) is 6.42 Å². The highest BCUT2D eigenvalue weighted by Crippen LogP contribution is 2.17. The molecule has 0 aromatic heterocycles. The minimum Gasteiger partial charge on any atom is -0.480 e. The summed E-state index contributed by atoms with van der Waals surface area (Å²) in [5, 5.41) is 20.9. The number of amides is 2. The van der Waals surface area contributed by atoms with Gasteiger partial charge in [0.1, 0.15) is 6.04 Å². The number of aliphatic hydroxyl groups excluding tert-OH is 1. The number of likely N-dealkylation sites (tertiary alicyclic amines) is 1. The molecule has 0 aromatic carbocycles. The fraction of sp³-hybridized carbons (Fsp3) is 0.636. The summed E-state index contributed by atoms with van der Waals surface area (Å²) < 4.78 is 0. The predicted octanol–water partition coefficient (Wildman–Crippen LogP) is -0.418. The molecular weight excluding hydrogens is 256 g/mol. The van der Waals surface area contributed by atoms with Crippen molar-refractivity contribution in [3.05, 3.63) is 0 Å². The van der Waals surface area contributed by atoms with E-state index in [1.807, 2.05) is 0 Å². The number of thioether (sulfide) groups is 1. The lowest BCUT2D eigenvalue weighted by atomic mass is 10.2. The van der Waals surface area contributed by atoms with Gasteiger partial charge in [-0.15, -0.1) is 18.2 Å². The standard InChI is InChI=1S/C11H16N2O4S/c1-2-4-18-5-3-12-11(17)13-7-8(14)6-9(13)10(15)16/h1,8-9,14H,3-7H2,(H,12,17)(H,15,16). The molecule has 1 fully saturated rings. The molecule has 7 heteroatoms. The van der Waals surface area contributed by atoms with Gasteiger partial charge in [0.05, 0.1) is 11.9 Å². The number of aliphatic carboxylic acids is 1. The minimum absolute atomic E-state index is 0.0559. The maximum Gasteiger partial charge on any atom is 0.326 e. The van der Waals surface area contributed by atoms with E-state index >= 15 is 0 Å². The topological polar surface area (TPSA) is 89.9 Å². The van der Waals surface area contributed by atoms with E-state index in [0.29, 0.717) is 18.1 Å². The third-order valence-electron chi connectivity index (χ3n) is 2.53. The van der Waals surface area contributed by atoms with E-state index in [-0.39, 0.29) is 13.0 Å². The molecule has 100 valence electrons. The van der Waals surface area contributed by atoms with Gasteiger partial charge in [-0.3, -0.25) is 0 Å². The number of carbonyl (C=O) groups is 2. The van der Waals surface area contributed by atoms with Crippen LogP contribution in [0.3, 0.4) is 0 Å². The first-order chi connectivity index (χ1) is 8.56. The second-order valence-corrected chi connectivity index (χ2v) is 4.99. The van der Waals surface area contributed by atoms with Crippen LogP contribution in [0.4, 0.5) is 4.79 Å². The molecule has 2 amide bonds. The quantitative estimate of drug-likeness (QED) is 0.467. The van der Waals surface area contributed by atoms with Crippen LogP contribution in [0.2, 0.25) is 0 Å². The molecule has 6 nitrogen and oxygen atoms in total. The average Bonchev–Trinajstić information content (AvgIpc) is 2.71. The molecule has 1 heterocycles. The van der Waals surface area contributed by atoms with Crippen molar-refractivity contribution >= 4 is 23.8 Å². The Balaban J connectivity index is 2.36. The number of hydrogen-bond acceptors (Lipinski definition) is 4. The van der Waals surface area contributed by atoms with Gasteiger partial charge in [-0.2, -0.15) is 0 Å². The zero-order valence-corrected chi connectivity index (χ0v) is 10.7. The smallest absolute Gasteiger partial charge is 0.326 e. The lowest BCUT2D eigenvalue weighted by Gasteiger charge is -2.21. The number of rotatable bonds is 5. The van der Waals surface area contributed by atoms with E-state index in [9.17, 15) is 14.7 Å². The van der Waals surface area contributed by atoms with Crippen LogP contribution in [0, 0.1) is 12.3 Å². The summed E-state index contributed by atoms with van der Waals surface area (Å²) in [6.07, 6.45) is 4.38. The molecular formula is C11H16N2O4S. The molecule has 1 saturated heterocycles. The first kappa shape index (κ1) is 14.7. The molecule has 2 unspecified atom stereocenters. The molecule has 0 aliphatic carbocycles. The second-order valence-electron chi connectivity index (χ2n) is 3.88. The number of aliphatic hydroxyl groups is 1. The van der Waals surface area contributed by atoms with Crippen LogP contribution in [-0.4, -0.2) is 63.9 Å². The number of β-amino-alcohol motifs (C(OH)–C–C–N with tert-alkyl or cyclic N) is 1. The number of hydrogen-bond donors (Lipinski definition) is 3. The van der Waals surface area contributed by atoms with Crippen molar-refractivity contribution in [2.45, 2.75) is 18.6 Å². The fourth-order valence-corrected chi connectivity index (χ4v) is 2.24. The largest absolute Gasteiger partial charge is 0.480 e. The third-order valence-corrected chi connectivity index (χ3v) is 3.40. The van der Waals surface area contributed by atoms with E-state index < -0.39 is 24.1 Å². The molecule has 1 aliphatic rings. The van der Waals surface area contributed by atoms with E-state index in [1.165, 1.54) is 11.8 Å². The highest BCUT2D eigenvalue weighted by atomic mass is 32.2. The zero-order valence-electron chi connectivity index (χ0n) is 9.83. The van der Waals surface area contributed by atoms with Crippen LogP contribution >= 0.6 is 11.8 Å². The first-order valence-electron chi connectivity index (χ1n) is 5.52. The van der Waals surface area contributed by atoms with Crippen LogP contribution in [0.15, 0.2) is 0 Å². The monoisotopic (exact) mass is 272 g/mol. The van der Waals surface area contributed by atoms with Crippen molar-refractivity contribution in [2.75, 3.05) is 24.6 Å². The lowest BCUT2D eigenvalue weighted by Crippen LogP contribution is -2.46. The lowest BCUT2D eigenvalue weighted by molar-refractivity contribution is -0.141. The van der Waals surface area contributed by atoms with Crippen LogP contribution < -0.4 is 5.32 Å². The summed E-state index contributed by atoms with van der Waals surface area (Å²) in [5.41, 5.74) is 0. The number of carboxylic acid groups (broad SMARTS) is 1. The fourth-order valence-electron chi connectivity index (χ4n) is 1.74. The Hall–Kier alpha value is -1.39. The van der Waals surface area contributed by atoms with Crippen molar-refractivity contribution in [1.29, 1.82) is 0 Å². The van der Waals surface area contributed by atoms with Crippen molar-refractivity contribution in [3.8, 4) is 12.3 Å². The zero-order chi connectivity index (χ0) is 13.5. The van der Waals surface area contributed by atoms with E-state index in [1.54, 1.807) is 0 Å². The second kappa shape index (κ2) is 7.13. The number of urea groups is 1. The van der Waals surface area contributed by atoms with Gasteiger partial charge < -0.3 is 20.4 Å². The summed E-state index contributed by atoms with van der Waals surface area (Å²) >= 11 is 1.51. The van der Waals surface area contributed by atoms with Crippen LogP contribution in [0.25, 0.3) is 0 Å². The highest BCUT2D eigenvalue weighted by Gasteiger charge is 2.38. The van der Waals surface area contributed by atoms with Gasteiger partial charge >= 0.3 is 12.0 Å². The molecule has 0 saturated carbocycles. The summed E-state index contributed by atoms with van der Waals surface area (Å²) in [6, 6.07) is -1.40. The maximum absolute atomic E-state index is 11.7. The van der Waals surface area contributed by atoms with E-state index in [0.717, 1.165) is 4.90 Å². The number of carboxylic acids is 1. The maximum atomic E-state index is 11.7. The molecule has 2 atom stereocenters. The van der Waals surface area contributed by atoms with Crippen LogP contribution in [-0.2, 0) is 4.79 Å². The van der Waals surface area contributed by atoms with Gasteiger partial charge in [0.15, 0.2) is 0 Å². The summed E-state index contributed by atoms with van der Waals surface area (Å²) in [4.78, 5) is 23.8. The Morgan fingerprint density at radius 2 is 2.28 bits per heavy atom. The summed E-state index contributed by atoms with van der Waals surface area (Å²) in [5.74, 6) is 2.62. The molecule has 0 radical (unpaired) electrons. The summed E-state index contributed by atoms with van der Waals surface area (Å²) in [7, 11) is 0. The Bertz CT molecular complexity index is 355. The van der Waals surface area contributed by atoms with E-state index in [2.05, 4.69) is 11.2 Å². The minimum atomic E-state index is -1.09. The van der Waals surface area contributed by atoms with Crippen molar-refractivity contribution in [1.82, 2.24) is 10.2 Å². The third kappa shape index (κ3) is 4.13. The molecule has 1 rings (SSSR count). The highest BCUT2D eigenvalue weighted by molar-refractivity contribution is 7.99. The van der Waals surface area contributed by atoms with E-state index in [4.69, 9.17) is 11.5 Å². The van der Waals surface area contributed by atoms with Crippen molar-refractivity contribution in [3.63, 3.8) is 0 Å². The van der Waals surface area contributed by atoms with Gasteiger partial charge in [-0.05, 0) is 0 Å². The molecule has 3 N–H and O–H groups in total. The first-order valence-corrected chi connectivity index (χ1v) is 6.68. The van der Waals surface area contributed by atoms with Gasteiger partial charge in [-0.1, -0.05) is 5.92 Å². The SMILES string of the molecule is C#CCSCCNC(=O)N1CC(O)CC1C(=O)O. The Labute approximate surface area is 110 Å². The Kier molecular flexibility index (Phi) is 5.82. The van der Waals surface area contributed by atoms with Crippen molar-refractivity contribution in [2.24, 2.45) is 0 Å².